The van der Waals surface area contributed by atoms with E-state index < -0.39 is 10.0 Å². The number of hydrogen-bond acceptors (Lipinski definition) is 7. The lowest BCUT2D eigenvalue weighted by molar-refractivity contribution is 0.601. The Morgan fingerprint density at radius 1 is 1.00 bits per heavy atom. The van der Waals surface area contributed by atoms with Crippen molar-refractivity contribution >= 4 is 43.6 Å². The molecule has 0 saturated heterocycles. The fourth-order valence-corrected chi connectivity index (χ4v) is 5.06. The lowest BCUT2D eigenvalue weighted by Crippen LogP contribution is -2.12. The maximum absolute atomic E-state index is 12.6. The molecule has 0 bridgehead atoms. The van der Waals surface area contributed by atoms with Crippen LogP contribution in [0.25, 0.3) is 16.9 Å². The van der Waals surface area contributed by atoms with Crippen molar-refractivity contribution in [3.05, 3.63) is 84.0 Å². The van der Waals surface area contributed by atoms with Gasteiger partial charge in [-0.25, -0.2) is 18.4 Å². The summed E-state index contributed by atoms with van der Waals surface area (Å²) in [7, 11) is -3.70. The van der Waals surface area contributed by atoms with Crippen LogP contribution in [0.4, 0.5) is 16.6 Å². The van der Waals surface area contributed by atoms with Crippen molar-refractivity contribution in [2.24, 2.45) is 0 Å². The molecule has 3 aromatic heterocycles. The van der Waals surface area contributed by atoms with Gasteiger partial charge in [-0.3, -0.25) is 4.72 Å². The first-order valence-corrected chi connectivity index (χ1v) is 12.1. The normalized spacial score (nSPS) is 11.5. The van der Waals surface area contributed by atoms with Crippen molar-refractivity contribution in [3.63, 3.8) is 0 Å². The van der Waals surface area contributed by atoms with E-state index in [4.69, 9.17) is 4.98 Å². The molecule has 0 unspecified atom stereocenters. The van der Waals surface area contributed by atoms with Gasteiger partial charge in [-0.15, -0.1) is 11.3 Å². The highest BCUT2D eigenvalue weighted by molar-refractivity contribution is 7.93. The summed E-state index contributed by atoms with van der Waals surface area (Å²) in [6.45, 7) is 2.04. The smallest absolute Gasteiger partial charge is 0.263 e. The Kier molecular flexibility index (Phi) is 5.08. The highest BCUT2D eigenvalue weighted by Gasteiger charge is 2.16. The molecule has 8 nitrogen and oxygen atoms in total. The van der Waals surface area contributed by atoms with E-state index in [1.807, 2.05) is 37.3 Å². The predicted octanol–water partition coefficient (Wildman–Crippen LogP) is 4.71. The second-order valence-corrected chi connectivity index (χ2v) is 9.67. The molecule has 0 saturated carbocycles. The molecule has 0 atom stereocenters. The largest absolute Gasteiger partial charge is 0.340 e. The van der Waals surface area contributed by atoms with Crippen molar-refractivity contribution in [2.75, 3.05) is 10.0 Å². The Hall–Kier alpha value is -3.76. The van der Waals surface area contributed by atoms with Gasteiger partial charge in [0.05, 0.1) is 16.8 Å². The first kappa shape index (κ1) is 20.2. The summed E-state index contributed by atoms with van der Waals surface area (Å²) in [5, 5.41) is 9.70. The van der Waals surface area contributed by atoms with Crippen LogP contribution in [0.15, 0.2) is 83.3 Å². The van der Waals surface area contributed by atoms with Crippen molar-refractivity contribution in [3.8, 4) is 11.3 Å². The van der Waals surface area contributed by atoms with E-state index in [-0.39, 0.29) is 4.90 Å². The molecule has 2 aromatic carbocycles. The molecule has 5 rings (SSSR count). The molecule has 10 heteroatoms. The lowest BCUT2D eigenvalue weighted by atomic mass is 10.1. The Morgan fingerprint density at radius 2 is 1.84 bits per heavy atom. The minimum atomic E-state index is -3.70. The Morgan fingerprint density at radius 3 is 2.59 bits per heavy atom. The van der Waals surface area contributed by atoms with E-state index in [9.17, 15) is 8.42 Å². The molecular weight excluding hydrogens is 444 g/mol. The minimum absolute atomic E-state index is 0.151. The van der Waals surface area contributed by atoms with Crippen molar-refractivity contribution in [1.82, 2.24) is 19.6 Å². The molecule has 0 aliphatic heterocycles. The van der Waals surface area contributed by atoms with Crippen molar-refractivity contribution in [2.45, 2.75) is 11.8 Å². The zero-order chi connectivity index (χ0) is 22.1. The maximum atomic E-state index is 12.6. The van der Waals surface area contributed by atoms with Crippen molar-refractivity contribution in [1.29, 1.82) is 0 Å². The zero-order valence-electron chi connectivity index (χ0n) is 16.9. The van der Waals surface area contributed by atoms with Gasteiger partial charge < -0.3 is 5.32 Å². The number of benzene rings is 2. The fourth-order valence-electron chi connectivity index (χ4n) is 3.27. The lowest BCUT2D eigenvalue weighted by Gasteiger charge is -2.12. The number of hydrogen-bond donors (Lipinski definition) is 2. The molecule has 2 N–H and O–H groups in total. The number of nitrogens with one attached hydrogen (secondary N) is 2. The third-order valence-corrected chi connectivity index (χ3v) is 6.94. The molecule has 0 aliphatic carbocycles. The number of sulfonamides is 1. The van der Waals surface area contributed by atoms with Gasteiger partial charge >= 0.3 is 0 Å². The van der Waals surface area contributed by atoms with Gasteiger partial charge in [-0.1, -0.05) is 23.8 Å². The van der Waals surface area contributed by atoms with Crippen LogP contribution in [-0.2, 0) is 10.0 Å². The van der Waals surface area contributed by atoms with Gasteiger partial charge in [0.2, 0.25) is 0 Å². The second-order valence-electron chi connectivity index (χ2n) is 7.09. The first-order valence-electron chi connectivity index (χ1n) is 9.69. The molecule has 0 fully saturated rings. The van der Waals surface area contributed by atoms with E-state index in [1.54, 1.807) is 46.6 Å². The van der Waals surface area contributed by atoms with Gasteiger partial charge in [0.1, 0.15) is 5.82 Å². The molecular formula is C22H18N6O2S2. The van der Waals surface area contributed by atoms with Gasteiger partial charge in [-0.05, 0) is 37.3 Å². The molecule has 5 aromatic rings. The van der Waals surface area contributed by atoms with Crippen LogP contribution >= 0.6 is 11.3 Å². The van der Waals surface area contributed by atoms with Crippen LogP contribution in [0.3, 0.4) is 0 Å². The zero-order valence-corrected chi connectivity index (χ0v) is 18.6. The number of aryl methyl sites for hydroxylation is 1. The van der Waals surface area contributed by atoms with E-state index in [0.29, 0.717) is 16.6 Å². The summed E-state index contributed by atoms with van der Waals surface area (Å²) in [6.07, 6.45) is 3.23. The topological polar surface area (TPSA) is 101 Å². The van der Waals surface area contributed by atoms with Gasteiger partial charge in [0, 0.05) is 35.0 Å². The number of anilines is 3. The third-order valence-electron chi connectivity index (χ3n) is 4.76. The summed E-state index contributed by atoms with van der Waals surface area (Å²) >= 11 is 1.22. The highest BCUT2D eigenvalue weighted by atomic mass is 32.2. The third kappa shape index (κ3) is 4.05. The number of fused-ring (bicyclic) bond motifs is 1. The average molecular weight is 463 g/mol. The molecule has 160 valence electrons. The Labute approximate surface area is 188 Å². The summed E-state index contributed by atoms with van der Waals surface area (Å²) in [5.74, 6) is 0.716. The van der Waals surface area contributed by atoms with Crippen molar-refractivity contribution < 1.29 is 8.42 Å². The molecule has 0 spiro atoms. The van der Waals surface area contributed by atoms with Gasteiger partial charge in [0.15, 0.2) is 10.8 Å². The summed E-state index contributed by atoms with van der Waals surface area (Å²) < 4.78 is 29.3. The fraction of sp³-hybridized carbons (Fsp3) is 0.0455. The molecule has 0 aliphatic rings. The molecule has 0 radical (unpaired) electrons. The monoisotopic (exact) mass is 462 g/mol. The Balaban J connectivity index is 1.45. The van der Waals surface area contributed by atoms with E-state index in [2.05, 4.69) is 26.2 Å². The summed E-state index contributed by atoms with van der Waals surface area (Å²) in [4.78, 5) is 8.81. The van der Waals surface area contributed by atoms with Gasteiger partial charge in [0.25, 0.3) is 10.0 Å². The van der Waals surface area contributed by atoms with Crippen LogP contribution < -0.4 is 10.0 Å². The van der Waals surface area contributed by atoms with E-state index in [0.717, 1.165) is 22.5 Å². The number of nitrogens with zero attached hydrogens (tertiary/aromatic N) is 4. The summed E-state index contributed by atoms with van der Waals surface area (Å²) in [5.41, 5.74) is 4.40. The quantitative estimate of drug-likeness (QED) is 0.379. The number of aromatic nitrogens is 4. The van der Waals surface area contributed by atoms with E-state index >= 15 is 0 Å². The molecule has 3 heterocycles. The van der Waals surface area contributed by atoms with Gasteiger partial charge in [-0.2, -0.15) is 9.61 Å². The van der Waals surface area contributed by atoms with Crippen LogP contribution in [-0.4, -0.2) is 28.0 Å². The molecule has 32 heavy (non-hydrogen) atoms. The average Bonchev–Trinajstić information content (AvgIpc) is 3.46. The highest BCUT2D eigenvalue weighted by Crippen LogP contribution is 2.26. The molecule has 0 amide bonds. The van der Waals surface area contributed by atoms with E-state index in [1.165, 1.54) is 11.3 Å². The minimum Gasteiger partial charge on any atom is -0.340 e. The first-order chi connectivity index (χ1) is 15.5. The number of thiazole rings is 1. The number of rotatable bonds is 6. The Bertz CT molecular complexity index is 1490. The maximum Gasteiger partial charge on any atom is 0.263 e. The SMILES string of the molecule is Cc1cccc(-c2cc(Nc3ccc(S(=O)(=O)Nc4nccs4)cc3)n3nccc3n2)c1. The standard InChI is InChI=1S/C22H18N6O2S2/c1-15-3-2-4-16(13-15)19-14-21(28-20(26-19)9-10-24-28)25-17-5-7-18(8-6-17)32(29,30)27-22-23-11-12-31-22/h2-14,25H,1H3,(H,23,27). The summed E-state index contributed by atoms with van der Waals surface area (Å²) in [6, 6.07) is 18.4. The van der Waals surface area contributed by atoms with Crippen LogP contribution in [0.1, 0.15) is 5.56 Å². The van der Waals surface area contributed by atoms with Crippen LogP contribution in [0.2, 0.25) is 0 Å². The second kappa shape index (κ2) is 8.06. The predicted molar refractivity (Wildman–Crippen MR) is 126 cm³/mol. The van der Waals surface area contributed by atoms with Crippen LogP contribution in [0.5, 0.6) is 0 Å². The van der Waals surface area contributed by atoms with Crippen LogP contribution in [0, 0.1) is 6.92 Å².